The molecule has 3 rings (SSSR count). The molecule has 1 heterocycles. The van der Waals surface area contributed by atoms with Crippen LogP contribution in [0, 0.1) is 5.82 Å². The summed E-state index contributed by atoms with van der Waals surface area (Å²) in [4.78, 5) is 12.3. The molecule has 0 aliphatic rings. The minimum Gasteiger partial charge on any atom is -0.298 e. The van der Waals surface area contributed by atoms with Gasteiger partial charge in [0.25, 0.3) is 0 Å². The van der Waals surface area contributed by atoms with Gasteiger partial charge in [0.05, 0.1) is 5.75 Å². The second-order valence-corrected chi connectivity index (χ2v) is 7.29. The summed E-state index contributed by atoms with van der Waals surface area (Å²) in [6.45, 7) is 4.31. The molecule has 4 nitrogen and oxygen atoms in total. The highest BCUT2D eigenvalue weighted by Crippen LogP contribution is 2.26. The van der Waals surface area contributed by atoms with Crippen molar-refractivity contribution in [2.75, 3.05) is 5.75 Å². The topological polar surface area (TPSA) is 47.8 Å². The Morgan fingerprint density at radius 3 is 2.50 bits per heavy atom. The van der Waals surface area contributed by atoms with Crippen molar-refractivity contribution in [3.05, 3.63) is 77.0 Å². The van der Waals surface area contributed by atoms with Gasteiger partial charge in [-0.3, -0.25) is 9.36 Å². The third-order valence-corrected chi connectivity index (χ3v) is 5.12. The van der Waals surface area contributed by atoms with Gasteiger partial charge in [-0.05, 0) is 36.4 Å². The lowest BCUT2D eigenvalue weighted by Gasteiger charge is -2.07. The molecule has 0 saturated heterocycles. The summed E-state index contributed by atoms with van der Waals surface area (Å²) in [5.74, 6) is 0.461. The zero-order valence-electron chi connectivity index (χ0n) is 13.7. The lowest BCUT2D eigenvalue weighted by atomic mass is 10.1. The van der Waals surface area contributed by atoms with Crippen molar-refractivity contribution in [1.82, 2.24) is 14.8 Å². The van der Waals surface area contributed by atoms with E-state index in [4.69, 9.17) is 0 Å². The van der Waals surface area contributed by atoms with E-state index in [0.29, 0.717) is 23.1 Å². The van der Waals surface area contributed by atoms with Crippen molar-refractivity contribution in [2.45, 2.75) is 11.7 Å². The number of carbonyl (C=O) groups excluding carboxylic acids is 1. The van der Waals surface area contributed by atoms with E-state index in [9.17, 15) is 9.18 Å². The second-order valence-electron chi connectivity index (χ2n) is 5.43. The molecule has 2 aromatic carbocycles. The number of allylic oxidation sites excluding steroid dienone is 1. The summed E-state index contributed by atoms with van der Waals surface area (Å²) in [5.41, 5.74) is 1.40. The van der Waals surface area contributed by atoms with E-state index in [0.717, 1.165) is 10.0 Å². The Morgan fingerprint density at radius 1 is 1.15 bits per heavy atom. The van der Waals surface area contributed by atoms with Crippen LogP contribution in [-0.4, -0.2) is 26.3 Å². The number of rotatable bonds is 7. The first-order valence-electron chi connectivity index (χ1n) is 7.80. The van der Waals surface area contributed by atoms with Crippen molar-refractivity contribution in [2.24, 2.45) is 0 Å². The molecule has 0 saturated carbocycles. The lowest BCUT2D eigenvalue weighted by Crippen LogP contribution is -2.05. The van der Waals surface area contributed by atoms with Crippen LogP contribution in [0.1, 0.15) is 10.4 Å². The minimum absolute atomic E-state index is 0.0895. The Labute approximate surface area is 163 Å². The highest BCUT2D eigenvalue weighted by molar-refractivity contribution is 9.10. The number of halogens is 2. The highest BCUT2D eigenvalue weighted by Gasteiger charge is 2.15. The molecule has 0 atom stereocenters. The summed E-state index contributed by atoms with van der Waals surface area (Å²) in [7, 11) is 0. The molecule has 0 fully saturated rings. The van der Waals surface area contributed by atoms with E-state index in [1.165, 1.54) is 36.0 Å². The maximum atomic E-state index is 13.0. The second kappa shape index (κ2) is 8.42. The van der Waals surface area contributed by atoms with E-state index < -0.39 is 0 Å². The molecule has 0 radical (unpaired) electrons. The predicted molar refractivity (Wildman–Crippen MR) is 105 cm³/mol. The van der Waals surface area contributed by atoms with Gasteiger partial charge in [-0.25, -0.2) is 4.39 Å². The summed E-state index contributed by atoms with van der Waals surface area (Å²) >= 11 is 4.72. The molecule has 132 valence electrons. The third kappa shape index (κ3) is 4.28. The quantitative estimate of drug-likeness (QED) is 0.299. The van der Waals surface area contributed by atoms with Crippen LogP contribution in [0.2, 0.25) is 0 Å². The fourth-order valence-corrected chi connectivity index (χ4v) is 3.46. The van der Waals surface area contributed by atoms with Gasteiger partial charge in [-0.1, -0.05) is 45.9 Å². The fourth-order valence-electron chi connectivity index (χ4n) is 2.35. The molecule has 0 bridgehead atoms. The molecule has 1 aromatic heterocycles. The normalized spacial score (nSPS) is 10.7. The van der Waals surface area contributed by atoms with Crippen LogP contribution in [0.3, 0.4) is 0 Å². The van der Waals surface area contributed by atoms with Gasteiger partial charge in [0.1, 0.15) is 5.82 Å². The maximum absolute atomic E-state index is 13.0. The molecule has 0 unspecified atom stereocenters. The van der Waals surface area contributed by atoms with Gasteiger partial charge in [0.2, 0.25) is 0 Å². The van der Waals surface area contributed by atoms with Gasteiger partial charge >= 0.3 is 0 Å². The van der Waals surface area contributed by atoms with Crippen molar-refractivity contribution >= 4 is 33.5 Å². The van der Waals surface area contributed by atoms with Crippen LogP contribution < -0.4 is 0 Å². The van der Waals surface area contributed by atoms with Gasteiger partial charge in [-0.2, -0.15) is 0 Å². The number of aromatic nitrogens is 3. The zero-order valence-corrected chi connectivity index (χ0v) is 16.1. The maximum Gasteiger partial charge on any atom is 0.192 e. The van der Waals surface area contributed by atoms with Gasteiger partial charge in [-0.15, -0.1) is 16.8 Å². The average molecular weight is 432 g/mol. The summed E-state index contributed by atoms with van der Waals surface area (Å²) < 4.78 is 15.9. The number of benzene rings is 2. The zero-order chi connectivity index (χ0) is 18.5. The number of thioether (sulfide) groups is 1. The Morgan fingerprint density at radius 2 is 1.85 bits per heavy atom. The molecule has 3 aromatic rings. The van der Waals surface area contributed by atoms with Crippen LogP contribution in [-0.2, 0) is 6.54 Å². The first-order valence-corrected chi connectivity index (χ1v) is 9.58. The fraction of sp³-hybridized carbons (Fsp3) is 0.105. The Kier molecular flexibility index (Phi) is 6.00. The molecule has 7 heteroatoms. The summed E-state index contributed by atoms with van der Waals surface area (Å²) in [6, 6.07) is 13.3. The van der Waals surface area contributed by atoms with Crippen LogP contribution in [0.25, 0.3) is 11.4 Å². The van der Waals surface area contributed by atoms with Crippen molar-refractivity contribution in [3.63, 3.8) is 0 Å². The Bertz CT molecular complexity index is 923. The van der Waals surface area contributed by atoms with Crippen molar-refractivity contribution in [3.8, 4) is 11.4 Å². The van der Waals surface area contributed by atoms with Gasteiger partial charge in [0.15, 0.2) is 16.8 Å². The SMILES string of the molecule is C=CCn1c(SCC(=O)c2ccc(F)cc2)nnc1-c1ccc(Br)cc1. The van der Waals surface area contributed by atoms with E-state index in [-0.39, 0.29) is 17.4 Å². The van der Waals surface area contributed by atoms with E-state index in [2.05, 4.69) is 32.7 Å². The minimum atomic E-state index is -0.362. The smallest absolute Gasteiger partial charge is 0.192 e. The molecular formula is C19H15BrFN3OS. The first-order chi connectivity index (χ1) is 12.6. The van der Waals surface area contributed by atoms with Gasteiger partial charge < -0.3 is 0 Å². The largest absolute Gasteiger partial charge is 0.298 e. The Balaban J connectivity index is 1.79. The first kappa shape index (κ1) is 18.5. The van der Waals surface area contributed by atoms with Crippen LogP contribution in [0.4, 0.5) is 4.39 Å². The molecule has 0 amide bonds. The lowest BCUT2D eigenvalue weighted by molar-refractivity contribution is 0.102. The molecule has 26 heavy (non-hydrogen) atoms. The van der Waals surface area contributed by atoms with Crippen molar-refractivity contribution in [1.29, 1.82) is 0 Å². The number of hydrogen-bond donors (Lipinski definition) is 0. The number of Topliss-reactive ketones (excluding diaryl/α,β-unsaturated/α-hetero) is 1. The van der Waals surface area contributed by atoms with E-state index in [1.54, 1.807) is 6.08 Å². The molecule has 0 aliphatic heterocycles. The van der Waals surface area contributed by atoms with Crippen molar-refractivity contribution < 1.29 is 9.18 Å². The molecule has 0 N–H and O–H groups in total. The average Bonchev–Trinajstić information content (AvgIpc) is 3.04. The highest BCUT2D eigenvalue weighted by atomic mass is 79.9. The monoisotopic (exact) mass is 431 g/mol. The van der Waals surface area contributed by atoms with E-state index in [1.807, 2.05) is 28.8 Å². The number of hydrogen-bond acceptors (Lipinski definition) is 4. The van der Waals surface area contributed by atoms with E-state index >= 15 is 0 Å². The summed E-state index contributed by atoms with van der Waals surface area (Å²) in [6.07, 6.45) is 1.76. The molecule has 0 aliphatic carbocycles. The predicted octanol–water partition coefficient (Wildman–Crippen LogP) is 5.01. The molecule has 0 spiro atoms. The van der Waals surface area contributed by atoms with Crippen LogP contribution >= 0.6 is 27.7 Å². The van der Waals surface area contributed by atoms with Gasteiger partial charge in [0, 0.05) is 22.1 Å². The number of nitrogens with zero attached hydrogens (tertiary/aromatic N) is 3. The van der Waals surface area contributed by atoms with Crippen LogP contribution in [0.5, 0.6) is 0 Å². The van der Waals surface area contributed by atoms with Crippen LogP contribution in [0.15, 0.2) is 70.8 Å². The number of carbonyl (C=O) groups is 1. The standard InChI is InChI=1S/C19H15BrFN3OS/c1-2-11-24-18(14-3-7-15(20)8-4-14)22-23-19(24)26-12-17(25)13-5-9-16(21)10-6-13/h2-10H,1,11-12H2. The number of ketones is 1. The Hall–Kier alpha value is -2.25. The molecular weight excluding hydrogens is 417 g/mol. The summed E-state index contributed by atoms with van der Waals surface area (Å²) in [5, 5.41) is 9.12. The third-order valence-electron chi connectivity index (χ3n) is 3.63.